The minimum atomic E-state index is -4.66. The van der Waals surface area contributed by atoms with Crippen LogP contribution in [0.5, 0.6) is 0 Å². The quantitative estimate of drug-likeness (QED) is 0.753. The number of hydrogen-bond donors (Lipinski definition) is 1. The fraction of sp³-hybridized carbons (Fsp3) is 0.600. The highest BCUT2D eigenvalue weighted by molar-refractivity contribution is 5.76. The lowest BCUT2D eigenvalue weighted by Crippen LogP contribution is -2.38. The molecule has 9 nitrogen and oxygen atoms in total. The van der Waals surface area contributed by atoms with Gasteiger partial charge in [0.25, 0.3) is 0 Å². The van der Waals surface area contributed by atoms with Gasteiger partial charge < -0.3 is 14.5 Å². The van der Waals surface area contributed by atoms with Gasteiger partial charge in [0.15, 0.2) is 11.9 Å². The van der Waals surface area contributed by atoms with Gasteiger partial charge in [0.1, 0.15) is 5.76 Å². The summed E-state index contributed by atoms with van der Waals surface area (Å²) in [5.74, 6) is -0.601. The molecule has 148 valence electrons. The SMILES string of the molecule is O=C(CCn1nnnc1CN1CCOCC1)NC(c1ccco1)C(F)(F)F. The van der Waals surface area contributed by atoms with Gasteiger partial charge in [0, 0.05) is 19.5 Å². The molecule has 1 saturated heterocycles. The third-order valence-corrected chi connectivity index (χ3v) is 4.09. The van der Waals surface area contributed by atoms with Crippen LogP contribution >= 0.6 is 0 Å². The number of ether oxygens (including phenoxy) is 1. The molecule has 12 heteroatoms. The minimum absolute atomic E-state index is 0.0707. The van der Waals surface area contributed by atoms with Crippen molar-refractivity contribution in [3.05, 3.63) is 30.0 Å². The lowest BCUT2D eigenvalue weighted by Gasteiger charge is -2.25. The van der Waals surface area contributed by atoms with Crippen LogP contribution in [0.15, 0.2) is 22.8 Å². The van der Waals surface area contributed by atoms with Crippen molar-refractivity contribution in [1.29, 1.82) is 0 Å². The summed E-state index contributed by atoms with van der Waals surface area (Å²) in [5.41, 5.74) is 0. The van der Waals surface area contributed by atoms with Crippen LogP contribution in [0, 0.1) is 0 Å². The Morgan fingerprint density at radius 3 is 2.78 bits per heavy atom. The number of morpholine rings is 1. The normalized spacial score (nSPS) is 17.0. The third kappa shape index (κ3) is 5.26. The first-order valence-corrected chi connectivity index (χ1v) is 8.38. The van der Waals surface area contributed by atoms with E-state index < -0.39 is 18.1 Å². The number of tetrazole rings is 1. The van der Waals surface area contributed by atoms with Crippen molar-refractivity contribution in [2.45, 2.75) is 31.7 Å². The van der Waals surface area contributed by atoms with Crippen molar-refractivity contribution in [3.8, 4) is 0 Å². The molecule has 0 bridgehead atoms. The van der Waals surface area contributed by atoms with Gasteiger partial charge in [-0.3, -0.25) is 9.69 Å². The Labute approximate surface area is 152 Å². The first-order chi connectivity index (χ1) is 12.9. The molecule has 0 radical (unpaired) electrons. The molecule has 1 aliphatic heterocycles. The van der Waals surface area contributed by atoms with Crippen molar-refractivity contribution in [2.75, 3.05) is 26.3 Å². The van der Waals surface area contributed by atoms with Crippen molar-refractivity contribution >= 4 is 5.91 Å². The van der Waals surface area contributed by atoms with E-state index in [9.17, 15) is 18.0 Å². The molecular weight excluding hydrogens is 369 g/mol. The zero-order chi connectivity index (χ0) is 19.3. The maximum atomic E-state index is 13.2. The first kappa shape index (κ1) is 19.3. The molecule has 3 heterocycles. The second-order valence-electron chi connectivity index (χ2n) is 6.01. The zero-order valence-electron chi connectivity index (χ0n) is 14.4. The number of furan rings is 1. The number of aryl methyl sites for hydroxylation is 1. The summed E-state index contributed by atoms with van der Waals surface area (Å²) in [4.78, 5) is 14.1. The topological polar surface area (TPSA) is 98.3 Å². The molecule has 27 heavy (non-hydrogen) atoms. The Morgan fingerprint density at radius 2 is 2.11 bits per heavy atom. The van der Waals surface area contributed by atoms with E-state index in [1.807, 2.05) is 5.32 Å². The Balaban J connectivity index is 1.55. The van der Waals surface area contributed by atoms with Crippen molar-refractivity contribution in [3.63, 3.8) is 0 Å². The van der Waals surface area contributed by atoms with Crippen LogP contribution in [0.25, 0.3) is 0 Å². The van der Waals surface area contributed by atoms with E-state index in [2.05, 4.69) is 20.4 Å². The number of rotatable bonds is 7. The molecule has 2 aromatic rings. The molecule has 1 amide bonds. The smallest absolute Gasteiger partial charge is 0.415 e. The number of nitrogens with zero attached hydrogens (tertiary/aromatic N) is 5. The Kier molecular flexibility index (Phi) is 6.06. The highest BCUT2D eigenvalue weighted by Crippen LogP contribution is 2.32. The van der Waals surface area contributed by atoms with Gasteiger partial charge >= 0.3 is 6.18 Å². The monoisotopic (exact) mass is 388 g/mol. The van der Waals surface area contributed by atoms with E-state index in [0.717, 1.165) is 19.4 Å². The number of carbonyl (C=O) groups excluding carboxylic acids is 1. The summed E-state index contributed by atoms with van der Waals surface area (Å²) in [6, 6.07) is 0.307. The average Bonchev–Trinajstić information content (AvgIpc) is 3.30. The molecular formula is C15H19F3N6O3. The Morgan fingerprint density at radius 1 is 1.33 bits per heavy atom. The van der Waals surface area contributed by atoms with E-state index in [-0.39, 0.29) is 18.7 Å². The van der Waals surface area contributed by atoms with E-state index in [4.69, 9.17) is 9.15 Å². The van der Waals surface area contributed by atoms with Crippen molar-refractivity contribution in [2.24, 2.45) is 0 Å². The van der Waals surface area contributed by atoms with E-state index in [0.29, 0.717) is 25.6 Å². The molecule has 0 saturated carbocycles. The lowest BCUT2D eigenvalue weighted by atomic mass is 10.2. The molecule has 0 spiro atoms. The third-order valence-electron chi connectivity index (χ3n) is 4.09. The van der Waals surface area contributed by atoms with Crippen LogP contribution in [-0.2, 0) is 22.6 Å². The predicted molar refractivity (Wildman–Crippen MR) is 84.2 cm³/mol. The predicted octanol–water partition coefficient (Wildman–Crippen LogP) is 0.908. The van der Waals surface area contributed by atoms with Crippen molar-refractivity contribution < 1.29 is 27.1 Å². The highest BCUT2D eigenvalue weighted by atomic mass is 19.4. The average molecular weight is 388 g/mol. The maximum Gasteiger partial charge on any atom is 0.415 e. The molecule has 1 fully saturated rings. The van der Waals surface area contributed by atoms with Gasteiger partial charge in [-0.2, -0.15) is 13.2 Å². The summed E-state index contributed by atoms with van der Waals surface area (Å²) in [6.07, 6.45) is -3.74. The lowest BCUT2D eigenvalue weighted by molar-refractivity contribution is -0.166. The van der Waals surface area contributed by atoms with Crippen LogP contribution in [0.1, 0.15) is 24.0 Å². The first-order valence-electron chi connectivity index (χ1n) is 8.38. The van der Waals surface area contributed by atoms with Gasteiger partial charge in [0.05, 0.1) is 32.6 Å². The minimum Gasteiger partial charge on any atom is -0.467 e. The van der Waals surface area contributed by atoms with Gasteiger partial charge in [-0.05, 0) is 22.6 Å². The van der Waals surface area contributed by atoms with Crippen LogP contribution in [0.4, 0.5) is 13.2 Å². The summed E-state index contributed by atoms with van der Waals surface area (Å²) in [6.45, 7) is 3.27. The standard InChI is InChI=1S/C15H19F3N6O3/c16-15(17,18)14(11-2-1-7-27-11)19-13(25)3-4-24-12(20-21-22-24)10-23-5-8-26-9-6-23/h1-2,7,14H,3-6,8-10H2,(H,19,25). The fourth-order valence-corrected chi connectivity index (χ4v) is 2.68. The molecule has 2 aromatic heterocycles. The molecule has 0 aromatic carbocycles. The van der Waals surface area contributed by atoms with Crippen LogP contribution in [-0.4, -0.2) is 63.5 Å². The largest absolute Gasteiger partial charge is 0.467 e. The number of halogens is 3. The van der Waals surface area contributed by atoms with Gasteiger partial charge in [-0.1, -0.05) is 0 Å². The summed E-state index contributed by atoms with van der Waals surface area (Å²) in [5, 5.41) is 13.3. The Bertz CT molecular complexity index is 727. The highest BCUT2D eigenvalue weighted by Gasteiger charge is 2.43. The van der Waals surface area contributed by atoms with Gasteiger partial charge in [-0.25, -0.2) is 4.68 Å². The summed E-state index contributed by atoms with van der Waals surface area (Å²) >= 11 is 0. The number of aromatic nitrogens is 4. The Hall–Kier alpha value is -2.47. The summed E-state index contributed by atoms with van der Waals surface area (Å²) in [7, 11) is 0. The van der Waals surface area contributed by atoms with E-state index in [1.165, 1.54) is 16.8 Å². The molecule has 3 rings (SSSR count). The molecule has 0 aliphatic carbocycles. The second-order valence-corrected chi connectivity index (χ2v) is 6.01. The van der Waals surface area contributed by atoms with Crippen LogP contribution < -0.4 is 5.32 Å². The van der Waals surface area contributed by atoms with Crippen LogP contribution in [0.3, 0.4) is 0 Å². The maximum absolute atomic E-state index is 13.2. The fourth-order valence-electron chi connectivity index (χ4n) is 2.68. The second kappa shape index (κ2) is 8.48. The number of alkyl halides is 3. The zero-order valence-corrected chi connectivity index (χ0v) is 14.4. The van der Waals surface area contributed by atoms with Crippen molar-refractivity contribution in [1.82, 2.24) is 30.4 Å². The molecule has 1 atom stereocenters. The van der Waals surface area contributed by atoms with E-state index in [1.54, 1.807) is 0 Å². The molecule has 1 aliphatic rings. The van der Waals surface area contributed by atoms with Crippen LogP contribution in [0.2, 0.25) is 0 Å². The molecule has 1 N–H and O–H groups in total. The van der Waals surface area contributed by atoms with Gasteiger partial charge in [-0.15, -0.1) is 5.10 Å². The summed E-state index contributed by atoms with van der Waals surface area (Å²) < 4.78 is 50.9. The number of carbonyl (C=O) groups is 1. The number of hydrogen-bond acceptors (Lipinski definition) is 7. The number of nitrogens with one attached hydrogen (secondary N) is 1. The van der Waals surface area contributed by atoms with E-state index >= 15 is 0 Å². The number of amides is 1. The van der Waals surface area contributed by atoms with Gasteiger partial charge in [0.2, 0.25) is 5.91 Å². The molecule has 1 unspecified atom stereocenters.